The average Bonchev–Trinajstić information content (AvgIpc) is 2.35. The highest BCUT2D eigenvalue weighted by molar-refractivity contribution is 7.89. The SMILES string of the molecule is Cc1c(CN)cccc1S(=O)(=O)NCC(C)(C)CN(C)C. The molecule has 0 amide bonds. The predicted molar refractivity (Wildman–Crippen MR) is 86.6 cm³/mol. The lowest BCUT2D eigenvalue weighted by atomic mass is 9.93. The van der Waals surface area contributed by atoms with Crippen molar-refractivity contribution in [1.29, 1.82) is 0 Å². The van der Waals surface area contributed by atoms with Crippen molar-refractivity contribution in [2.45, 2.75) is 32.2 Å². The lowest BCUT2D eigenvalue weighted by Crippen LogP contribution is -2.40. The molecule has 1 aromatic rings. The highest BCUT2D eigenvalue weighted by atomic mass is 32.2. The Bertz CT molecular complexity index is 581. The van der Waals surface area contributed by atoms with Crippen molar-refractivity contribution in [2.75, 3.05) is 27.2 Å². The third-order valence-electron chi connectivity index (χ3n) is 3.39. The molecular weight excluding hydrogens is 286 g/mol. The van der Waals surface area contributed by atoms with Crippen molar-refractivity contribution in [1.82, 2.24) is 9.62 Å². The quantitative estimate of drug-likeness (QED) is 0.796. The van der Waals surface area contributed by atoms with Crippen LogP contribution in [0, 0.1) is 12.3 Å². The number of nitrogens with one attached hydrogen (secondary N) is 1. The lowest BCUT2D eigenvalue weighted by molar-refractivity contribution is 0.242. The van der Waals surface area contributed by atoms with E-state index in [-0.39, 0.29) is 5.41 Å². The second-order valence-electron chi connectivity index (χ2n) is 6.47. The molecule has 1 aromatic carbocycles. The molecule has 0 saturated carbocycles. The van der Waals surface area contributed by atoms with E-state index in [2.05, 4.69) is 9.62 Å². The number of nitrogens with two attached hydrogens (primary N) is 1. The molecule has 1 rings (SSSR count). The van der Waals surface area contributed by atoms with Gasteiger partial charge in [-0.25, -0.2) is 13.1 Å². The van der Waals surface area contributed by atoms with Crippen LogP contribution < -0.4 is 10.5 Å². The van der Waals surface area contributed by atoms with Crippen LogP contribution in [0.2, 0.25) is 0 Å². The minimum atomic E-state index is -3.52. The fraction of sp³-hybridized carbons (Fsp3) is 0.600. The molecular formula is C15H27N3O2S. The minimum absolute atomic E-state index is 0.143. The van der Waals surface area contributed by atoms with Gasteiger partial charge >= 0.3 is 0 Å². The molecule has 0 bridgehead atoms. The first kappa shape index (κ1) is 18.1. The van der Waals surface area contributed by atoms with Crippen molar-refractivity contribution in [3.8, 4) is 0 Å². The van der Waals surface area contributed by atoms with Crippen LogP contribution in [0.3, 0.4) is 0 Å². The van der Waals surface area contributed by atoms with Crippen LogP contribution in [0.4, 0.5) is 0 Å². The summed E-state index contributed by atoms with van der Waals surface area (Å²) in [7, 11) is 0.438. The van der Waals surface area contributed by atoms with E-state index < -0.39 is 10.0 Å². The van der Waals surface area contributed by atoms with Crippen LogP contribution in [0.25, 0.3) is 0 Å². The molecule has 0 radical (unpaired) electrons. The fourth-order valence-corrected chi connectivity index (χ4v) is 3.98. The van der Waals surface area contributed by atoms with E-state index >= 15 is 0 Å². The molecule has 0 aliphatic rings. The number of rotatable bonds is 7. The van der Waals surface area contributed by atoms with Crippen molar-refractivity contribution in [3.63, 3.8) is 0 Å². The molecule has 0 heterocycles. The van der Waals surface area contributed by atoms with Crippen LogP contribution >= 0.6 is 0 Å². The van der Waals surface area contributed by atoms with Gasteiger partial charge in [0.2, 0.25) is 10.0 Å². The average molecular weight is 313 g/mol. The van der Waals surface area contributed by atoms with Crippen LogP contribution in [0.5, 0.6) is 0 Å². The Morgan fingerprint density at radius 1 is 1.29 bits per heavy atom. The predicted octanol–water partition coefficient (Wildman–Crippen LogP) is 1.32. The van der Waals surface area contributed by atoms with Gasteiger partial charge in [0.25, 0.3) is 0 Å². The van der Waals surface area contributed by atoms with Gasteiger partial charge in [-0.2, -0.15) is 0 Å². The van der Waals surface area contributed by atoms with Crippen LogP contribution in [0.15, 0.2) is 23.1 Å². The number of nitrogens with zero attached hydrogens (tertiary/aromatic N) is 1. The zero-order valence-electron chi connectivity index (χ0n) is 13.6. The molecule has 5 nitrogen and oxygen atoms in total. The Kier molecular flexibility index (Phi) is 5.92. The molecule has 120 valence electrons. The van der Waals surface area contributed by atoms with Gasteiger partial charge in [0, 0.05) is 19.6 Å². The summed E-state index contributed by atoms with van der Waals surface area (Å²) in [6.45, 7) is 7.40. The van der Waals surface area contributed by atoms with Gasteiger partial charge in [0.1, 0.15) is 0 Å². The van der Waals surface area contributed by atoms with E-state index in [1.165, 1.54) is 0 Å². The van der Waals surface area contributed by atoms with E-state index in [9.17, 15) is 8.42 Å². The van der Waals surface area contributed by atoms with Crippen molar-refractivity contribution < 1.29 is 8.42 Å². The van der Waals surface area contributed by atoms with E-state index in [4.69, 9.17) is 5.73 Å². The summed E-state index contributed by atoms with van der Waals surface area (Å²) in [6, 6.07) is 5.20. The molecule has 0 atom stereocenters. The van der Waals surface area contributed by atoms with Crippen molar-refractivity contribution in [3.05, 3.63) is 29.3 Å². The van der Waals surface area contributed by atoms with E-state index in [0.29, 0.717) is 18.0 Å². The normalized spacial score (nSPS) is 12.9. The molecule has 0 saturated heterocycles. The molecule has 3 N–H and O–H groups in total. The molecule has 0 aliphatic heterocycles. The Hall–Kier alpha value is -0.950. The summed E-state index contributed by atoms with van der Waals surface area (Å²) in [5.74, 6) is 0. The van der Waals surface area contributed by atoms with Crippen LogP contribution in [0.1, 0.15) is 25.0 Å². The lowest BCUT2D eigenvalue weighted by Gasteiger charge is -2.28. The zero-order valence-corrected chi connectivity index (χ0v) is 14.4. The third-order valence-corrected chi connectivity index (χ3v) is 4.94. The molecule has 0 fully saturated rings. The number of sulfonamides is 1. The monoisotopic (exact) mass is 313 g/mol. The van der Waals surface area contributed by atoms with E-state index in [0.717, 1.165) is 17.7 Å². The second kappa shape index (κ2) is 6.87. The fourth-order valence-electron chi connectivity index (χ4n) is 2.45. The maximum Gasteiger partial charge on any atom is 0.240 e. The van der Waals surface area contributed by atoms with Gasteiger partial charge < -0.3 is 10.6 Å². The summed E-state index contributed by atoms with van der Waals surface area (Å²) >= 11 is 0. The molecule has 6 heteroatoms. The smallest absolute Gasteiger partial charge is 0.240 e. The summed E-state index contributed by atoms with van der Waals surface area (Å²) in [5, 5.41) is 0. The molecule has 21 heavy (non-hydrogen) atoms. The summed E-state index contributed by atoms with van der Waals surface area (Å²) < 4.78 is 27.7. The maximum atomic E-state index is 12.5. The Balaban J connectivity index is 2.93. The molecule has 0 unspecified atom stereocenters. The van der Waals surface area contributed by atoms with Crippen molar-refractivity contribution >= 4 is 10.0 Å². The first-order chi connectivity index (χ1) is 9.59. The highest BCUT2D eigenvalue weighted by Gasteiger charge is 2.24. The third kappa shape index (κ3) is 5.07. The summed E-state index contributed by atoms with van der Waals surface area (Å²) in [6.07, 6.45) is 0. The minimum Gasteiger partial charge on any atom is -0.326 e. The van der Waals surface area contributed by atoms with E-state index in [1.807, 2.05) is 34.0 Å². The highest BCUT2D eigenvalue weighted by Crippen LogP contribution is 2.20. The first-order valence-corrected chi connectivity index (χ1v) is 8.50. The van der Waals surface area contributed by atoms with Gasteiger partial charge in [0.15, 0.2) is 0 Å². The Morgan fingerprint density at radius 2 is 1.90 bits per heavy atom. The van der Waals surface area contributed by atoms with Gasteiger partial charge in [-0.3, -0.25) is 0 Å². The number of benzene rings is 1. The van der Waals surface area contributed by atoms with Gasteiger partial charge in [0.05, 0.1) is 4.90 Å². The maximum absolute atomic E-state index is 12.5. The number of hydrogen-bond donors (Lipinski definition) is 2. The number of hydrogen-bond acceptors (Lipinski definition) is 4. The molecule has 0 aromatic heterocycles. The molecule has 0 spiro atoms. The van der Waals surface area contributed by atoms with Crippen LogP contribution in [-0.4, -0.2) is 40.5 Å². The topological polar surface area (TPSA) is 75.4 Å². The van der Waals surface area contributed by atoms with Gasteiger partial charge in [-0.15, -0.1) is 0 Å². The van der Waals surface area contributed by atoms with Gasteiger partial charge in [-0.1, -0.05) is 26.0 Å². The Labute approximate surface area is 128 Å². The standard InChI is InChI=1S/C15H27N3O2S/c1-12-13(9-16)7-6-8-14(12)21(19,20)17-10-15(2,3)11-18(4)5/h6-8,17H,9-11,16H2,1-5H3. The van der Waals surface area contributed by atoms with Crippen LogP contribution in [-0.2, 0) is 16.6 Å². The van der Waals surface area contributed by atoms with Crippen molar-refractivity contribution in [2.24, 2.45) is 11.1 Å². The zero-order chi connectivity index (χ0) is 16.3. The summed E-state index contributed by atoms with van der Waals surface area (Å²) in [4.78, 5) is 2.36. The van der Waals surface area contributed by atoms with Gasteiger partial charge in [-0.05, 0) is 43.6 Å². The summed E-state index contributed by atoms with van der Waals surface area (Å²) in [5.41, 5.74) is 7.07. The Morgan fingerprint density at radius 3 is 2.43 bits per heavy atom. The second-order valence-corrected chi connectivity index (χ2v) is 8.21. The first-order valence-electron chi connectivity index (χ1n) is 7.02. The molecule has 0 aliphatic carbocycles. The van der Waals surface area contributed by atoms with E-state index in [1.54, 1.807) is 19.1 Å². The largest absolute Gasteiger partial charge is 0.326 e.